The molecule has 0 aliphatic heterocycles. The maximum absolute atomic E-state index is 15.0. The molecular formula is C30H43FN2O6. The van der Waals surface area contributed by atoms with Crippen LogP contribution in [0.15, 0.2) is 12.1 Å². The maximum Gasteiger partial charge on any atom is 0.308 e. The number of fused-ring (bicyclic) bond motifs is 2. The average molecular weight is 547 g/mol. The molecule has 2 bridgehead atoms. The van der Waals surface area contributed by atoms with Crippen molar-refractivity contribution in [1.29, 1.82) is 0 Å². The maximum atomic E-state index is 15.0. The first-order valence-electron chi connectivity index (χ1n) is 14.3. The molecule has 1 aromatic rings. The molecule has 3 saturated carbocycles. The summed E-state index contributed by atoms with van der Waals surface area (Å²) in [6.07, 6.45) is 5.01. The zero-order chi connectivity index (χ0) is 28.3. The molecule has 0 saturated heterocycles. The lowest BCUT2D eigenvalue weighted by Gasteiger charge is -2.32. The summed E-state index contributed by atoms with van der Waals surface area (Å²) in [4.78, 5) is 38.7. The number of rotatable bonds is 9. The van der Waals surface area contributed by atoms with Gasteiger partial charge in [-0.3, -0.25) is 14.4 Å². The van der Waals surface area contributed by atoms with E-state index in [2.05, 4.69) is 31.4 Å². The Balaban J connectivity index is 1.45. The number of amides is 2. The van der Waals surface area contributed by atoms with Gasteiger partial charge in [-0.15, -0.1) is 0 Å². The first-order valence-corrected chi connectivity index (χ1v) is 14.3. The fourth-order valence-corrected chi connectivity index (χ4v) is 6.40. The van der Waals surface area contributed by atoms with Crippen molar-refractivity contribution in [1.82, 2.24) is 10.6 Å². The van der Waals surface area contributed by atoms with Crippen LogP contribution in [0.25, 0.3) is 0 Å². The number of hydrogen-bond acceptors (Lipinski definition) is 6. The minimum Gasteiger partial charge on any atom is -0.496 e. The van der Waals surface area contributed by atoms with Crippen molar-refractivity contribution in [3.8, 4) is 11.5 Å². The molecule has 1 aromatic carbocycles. The lowest BCUT2D eigenvalue weighted by molar-refractivity contribution is -0.149. The van der Waals surface area contributed by atoms with Gasteiger partial charge in [0, 0.05) is 18.7 Å². The van der Waals surface area contributed by atoms with Gasteiger partial charge in [0.05, 0.1) is 37.2 Å². The van der Waals surface area contributed by atoms with E-state index in [1.807, 2.05) is 0 Å². The Labute approximate surface area is 230 Å². The third kappa shape index (κ3) is 6.84. The Bertz CT molecular complexity index is 1060. The van der Waals surface area contributed by atoms with Crippen LogP contribution in [-0.4, -0.2) is 50.2 Å². The highest BCUT2D eigenvalue weighted by Gasteiger charge is 2.51. The van der Waals surface area contributed by atoms with E-state index in [9.17, 15) is 18.8 Å². The van der Waals surface area contributed by atoms with E-state index in [4.69, 9.17) is 14.2 Å². The monoisotopic (exact) mass is 546 g/mol. The first kappa shape index (κ1) is 29.2. The molecule has 2 N–H and O–H groups in total. The van der Waals surface area contributed by atoms with Gasteiger partial charge in [-0.1, -0.05) is 20.8 Å². The lowest BCUT2D eigenvalue weighted by Crippen LogP contribution is -2.50. The van der Waals surface area contributed by atoms with Gasteiger partial charge >= 0.3 is 5.97 Å². The summed E-state index contributed by atoms with van der Waals surface area (Å²) >= 11 is 0. The minimum atomic E-state index is -0.615. The molecule has 9 heteroatoms. The molecule has 0 radical (unpaired) electrons. The zero-order valence-corrected chi connectivity index (χ0v) is 23.8. The number of benzene rings is 1. The van der Waals surface area contributed by atoms with Crippen molar-refractivity contribution in [2.75, 3.05) is 20.3 Å². The summed E-state index contributed by atoms with van der Waals surface area (Å²) in [6.45, 7) is 8.90. The molecule has 2 amide bonds. The Kier molecular flexibility index (Phi) is 9.07. The SMILES string of the molecule is CCOC(=O)C1CCC(Oc2cc(C(=O)NC3C4CCC(C4)C3C(=O)NCC(C)(C)C)c(OC)cc2F)CC1. The van der Waals surface area contributed by atoms with Crippen LogP contribution >= 0.6 is 0 Å². The fourth-order valence-electron chi connectivity index (χ4n) is 6.40. The van der Waals surface area contributed by atoms with Crippen molar-refractivity contribution >= 4 is 17.8 Å². The third-order valence-electron chi connectivity index (χ3n) is 8.40. The van der Waals surface area contributed by atoms with E-state index in [1.165, 1.54) is 19.2 Å². The molecular weight excluding hydrogens is 503 g/mol. The number of nitrogens with one attached hydrogen (secondary N) is 2. The second kappa shape index (κ2) is 12.1. The topological polar surface area (TPSA) is 103 Å². The van der Waals surface area contributed by atoms with E-state index >= 15 is 0 Å². The summed E-state index contributed by atoms with van der Waals surface area (Å²) in [5.41, 5.74) is 0.132. The Morgan fingerprint density at radius 2 is 1.69 bits per heavy atom. The summed E-state index contributed by atoms with van der Waals surface area (Å²) < 4.78 is 31.4. The largest absolute Gasteiger partial charge is 0.496 e. The molecule has 4 unspecified atom stereocenters. The molecule has 39 heavy (non-hydrogen) atoms. The van der Waals surface area contributed by atoms with Crippen LogP contribution in [0.4, 0.5) is 4.39 Å². The van der Waals surface area contributed by atoms with Crippen molar-refractivity contribution in [3.05, 3.63) is 23.5 Å². The molecule has 0 spiro atoms. The van der Waals surface area contributed by atoms with Gasteiger partial charge in [0.15, 0.2) is 11.6 Å². The molecule has 3 fully saturated rings. The Morgan fingerprint density at radius 1 is 1.00 bits per heavy atom. The van der Waals surface area contributed by atoms with Gasteiger partial charge in [0.1, 0.15) is 5.75 Å². The van der Waals surface area contributed by atoms with Gasteiger partial charge in [-0.2, -0.15) is 0 Å². The van der Waals surface area contributed by atoms with Gasteiger partial charge in [0.2, 0.25) is 5.91 Å². The minimum absolute atomic E-state index is 0.0176. The second-order valence-electron chi connectivity index (χ2n) is 12.5. The Hall–Kier alpha value is -2.84. The summed E-state index contributed by atoms with van der Waals surface area (Å²) in [6, 6.07) is 2.28. The van der Waals surface area contributed by atoms with E-state index < -0.39 is 11.7 Å². The molecule has 0 heterocycles. The van der Waals surface area contributed by atoms with Crippen LogP contribution in [0.2, 0.25) is 0 Å². The van der Waals surface area contributed by atoms with Crippen LogP contribution in [0, 0.1) is 34.9 Å². The Morgan fingerprint density at radius 3 is 2.33 bits per heavy atom. The van der Waals surface area contributed by atoms with Gasteiger partial charge in [-0.25, -0.2) is 4.39 Å². The smallest absolute Gasteiger partial charge is 0.308 e. The number of carbonyl (C=O) groups excluding carboxylic acids is 3. The standard InChI is InChI=1S/C30H43FN2O6/c1-6-38-29(36)17-9-11-20(12-10-17)39-24-14-21(23(37-5)15-22(24)31)27(34)33-26-19-8-7-18(13-19)25(26)28(35)32-16-30(2,3)4/h14-15,17-20,25-26H,6-13,16H2,1-5H3,(H,32,35)(H,33,34). The summed E-state index contributed by atoms with van der Waals surface area (Å²) in [5.74, 6) is -1.11. The average Bonchev–Trinajstić information content (AvgIpc) is 3.50. The number of hydrogen-bond donors (Lipinski definition) is 2. The second-order valence-corrected chi connectivity index (χ2v) is 12.5. The first-order chi connectivity index (χ1) is 18.5. The van der Waals surface area contributed by atoms with Crippen LogP contribution in [0.1, 0.15) is 83.0 Å². The zero-order valence-electron chi connectivity index (χ0n) is 23.8. The molecule has 4 rings (SSSR count). The highest BCUT2D eigenvalue weighted by Crippen LogP contribution is 2.49. The van der Waals surface area contributed by atoms with Gasteiger partial charge in [0.25, 0.3) is 5.91 Å². The number of esters is 1. The third-order valence-corrected chi connectivity index (χ3v) is 8.40. The van der Waals surface area contributed by atoms with E-state index in [-0.39, 0.29) is 70.2 Å². The number of ether oxygens (including phenoxy) is 3. The predicted molar refractivity (Wildman–Crippen MR) is 144 cm³/mol. The van der Waals surface area contributed by atoms with Crippen LogP contribution in [0.3, 0.4) is 0 Å². The van der Waals surface area contributed by atoms with Gasteiger partial charge in [-0.05, 0) is 75.2 Å². The lowest BCUT2D eigenvalue weighted by atomic mass is 9.83. The highest BCUT2D eigenvalue weighted by molar-refractivity contribution is 5.98. The normalized spacial score (nSPS) is 28.1. The van der Waals surface area contributed by atoms with Crippen molar-refractivity contribution in [2.24, 2.45) is 29.1 Å². The highest BCUT2D eigenvalue weighted by atomic mass is 19.1. The number of methoxy groups -OCH3 is 1. The van der Waals surface area contributed by atoms with Crippen LogP contribution in [0.5, 0.6) is 11.5 Å². The van der Waals surface area contributed by atoms with Crippen molar-refractivity contribution < 1.29 is 33.0 Å². The number of carbonyl (C=O) groups is 3. The molecule has 4 atom stereocenters. The van der Waals surface area contributed by atoms with Crippen molar-refractivity contribution in [3.63, 3.8) is 0 Å². The van der Waals surface area contributed by atoms with Gasteiger partial charge < -0.3 is 24.8 Å². The molecule has 3 aliphatic carbocycles. The molecule has 216 valence electrons. The number of halogens is 1. The summed E-state index contributed by atoms with van der Waals surface area (Å²) in [7, 11) is 1.39. The van der Waals surface area contributed by atoms with E-state index in [1.54, 1.807) is 6.92 Å². The van der Waals surface area contributed by atoms with E-state index in [0.717, 1.165) is 19.3 Å². The molecule has 3 aliphatic rings. The van der Waals surface area contributed by atoms with Crippen LogP contribution in [-0.2, 0) is 14.3 Å². The summed E-state index contributed by atoms with van der Waals surface area (Å²) in [5, 5.41) is 6.18. The molecule has 8 nitrogen and oxygen atoms in total. The molecule has 0 aromatic heterocycles. The quantitative estimate of drug-likeness (QED) is 0.438. The fraction of sp³-hybridized carbons (Fsp3) is 0.700. The van der Waals surface area contributed by atoms with Crippen LogP contribution < -0.4 is 20.1 Å². The van der Waals surface area contributed by atoms with Crippen molar-refractivity contribution in [2.45, 2.75) is 84.8 Å². The predicted octanol–water partition coefficient (Wildman–Crippen LogP) is 4.64. The van der Waals surface area contributed by atoms with E-state index in [0.29, 0.717) is 38.8 Å².